The summed E-state index contributed by atoms with van der Waals surface area (Å²) in [6, 6.07) is 3.98. The molecule has 1 aliphatic rings. The van der Waals surface area contributed by atoms with E-state index in [0.29, 0.717) is 24.7 Å². The highest BCUT2D eigenvalue weighted by Gasteiger charge is 2.30. The van der Waals surface area contributed by atoms with Crippen LogP contribution in [0.15, 0.2) is 18.2 Å². The highest BCUT2D eigenvalue weighted by molar-refractivity contribution is 6.31. The van der Waals surface area contributed by atoms with Gasteiger partial charge >= 0.3 is 0 Å². The first-order valence-electron chi connectivity index (χ1n) is 7.39. The smallest absolute Gasteiger partial charge is 0.239 e. The molecule has 0 aliphatic carbocycles. The number of carbonyl (C=O) groups excluding carboxylic acids is 1. The maximum atomic E-state index is 13.2. The van der Waals surface area contributed by atoms with Crippen LogP contribution in [0.1, 0.15) is 26.3 Å². The number of benzene rings is 1. The third-order valence-corrected chi connectivity index (χ3v) is 4.28. The monoisotopic (exact) mass is 328 g/mol. The maximum Gasteiger partial charge on any atom is 0.239 e. The molecule has 0 radical (unpaired) electrons. The quantitative estimate of drug-likeness (QED) is 0.891. The lowest BCUT2D eigenvalue weighted by Crippen LogP contribution is -2.56. The molecule has 2 rings (SSSR count). The van der Waals surface area contributed by atoms with Crippen molar-refractivity contribution in [1.82, 2.24) is 10.6 Å². The first-order valence-corrected chi connectivity index (χ1v) is 7.77. The standard InChI is InChI=1S/C16H22ClFN2O2/c1-10-14(19-6-7-22-10)15(21)20-9-16(2,3)12-5-4-11(18)8-13(12)17/h4-5,8,10,14,19H,6-7,9H2,1-3H3,(H,20,21)/t10-,14+/m1/s1. The lowest BCUT2D eigenvalue weighted by atomic mass is 9.84. The normalized spacial score (nSPS) is 22.4. The summed E-state index contributed by atoms with van der Waals surface area (Å²) < 4.78 is 18.6. The highest BCUT2D eigenvalue weighted by atomic mass is 35.5. The van der Waals surface area contributed by atoms with Crippen molar-refractivity contribution in [2.75, 3.05) is 19.7 Å². The molecule has 0 bridgehead atoms. The molecule has 1 aliphatic heterocycles. The van der Waals surface area contributed by atoms with Crippen LogP contribution in [0.4, 0.5) is 4.39 Å². The Labute approximate surface area is 135 Å². The summed E-state index contributed by atoms with van der Waals surface area (Å²) in [5.74, 6) is -0.468. The van der Waals surface area contributed by atoms with Gasteiger partial charge in [-0.1, -0.05) is 31.5 Å². The van der Waals surface area contributed by atoms with Crippen LogP contribution in [0, 0.1) is 5.82 Å². The van der Waals surface area contributed by atoms with E-state index in [-0.39, 0.29) is 23.9 Å². The van der Waals surface area contributed by atoms with Crippen molar-refractivity contribution in [3.05, 3.63) is 34.6 Å². The van der Waals surface area contributed by atoms with Crippen LogP contribution in [0.25, 0.3) is 0 Å². The lowest BCUT2D eigenvalue weighted by molar-refractivity contribution is -0.129. The fourth-order valence-corrected chi connectivity index (χ4v) is 3.00. The minimum Gasteiger partial charge on any atom is -0.375 e. The van der Waals surface area contributed by atoms with Gasteiger partial charge in [0.25, 0.3) is 0 Å². The summed E-state index contributed by atoms with van der Waals surface area (Å²) >= 11 is 6.12. The lowest BCUT2D eigenvalue weighted by Gasteiger charge is -2.32. The zero-order valence-electron chi connectivity index (χ0n) is 13.1. The Morgan fingerprint density at radius 3 is 2.91 bits per heavy atom. The van der Waals surface area contributed by atoms with E-state index in [9.17, 15) is 9.18 Å². The molecular weight excluding hydrogens is 307 g/mol. The molecule has 0 spiro atoms. The van der Waals surface area contributed by atoms with Crippen LogP contribution in [-0.2, 0) is 14.9 Å². The predicted octanol–water partition coefficient (Wildman–Crippen LogP) is 2.25. The van der Waals surface area contributed by atoms with Gasteiger partial charge in [-0.15, -0.1) is 0 Å². The molecule has 0 unspecified atom stereocenters. The maximum absolute atomic E-state index is 13.2. The predicted molar refractivity (Wildman–Crippen MR) is 84.7 cm³/mol. The van der Waals surface area contributed by atoms with Crippen molar-refractivity contribution in [1.29, 1.82) is 0 Å². The molecule has 4 nitrogen and oxygen atoms in total. The zero-order chi connectivity index (χ0) is 16.3. The van der Waals surface area contributed by atoms with Gasteiger partial charge in [0.1, 0.15) is 11.9 Å². The van der Waals surface area contributed by atoms with E-state index in [1.54, 1.807) is 6.07 Å². The SMILES string of the molecule is C[C@H]1OCCN[C@@H]1C(=O)NCC(C)(C)c1ccc(F)cc1Cl. The summed E-state index contributed by atoms with van der Waals surface area (Å²) in [4.78, 5) is 12.3. The number of carbonyl (C=O) groups is 1. The second-order valence-electron chi connectivity index (χ2n) is 6.23. The Bertz CT molecular complexity index is 551. The zero-order valence-corrected chi connectivity index (χ0v) is 13.8. The van der Waals surface area contributed by atoms with Gasteiger partial charge in [0.2, 0.25) is 5.91 Å². The topological polar surface area (TPSA) is 50.4 Å². The van der Waals surface area contributed by atoms with Crippen LogP contribution in [-0.4, -0.2) is 37.7 Å². The van der Waals surface area contributed by atoms with E-state index in [4.69, 9.17) is 16.3 Å². The molecule has 122 valence electrons. The fraction of sp³-hybridized carbons (Fsp3) is 0.562. The van der Waals surface area contributed by atoms with E-state index in [1.165, 1.54) is 12.1 Å². The first kappa shape index (κ1) is 17.2. The van der Waals surface area contributed by atoms with Crippen LogP contribution in [0.2, 0.25) is 5.02 Å². The number of halogens is 2. The molecule has 0 saturated carbocycles. The van der Waals surface area contributed by atoms with Gasteiger partial charge in [-0.25, -0.2) is 4.39 Å². The molecule has 1 heterocycles. The van der Waals surface area contributed by atoms with Gasteiger partial charge in [0.15, 0.2) is 0 Å². The third-order valence-electron chi connectivity index (χ3n) is 3.96. The van der Waals surface area contributed by atoms with Crippen molar-refractivity contribution in [2.24, 2.45) is 0 Å². The van der Waals surface area contributed by atoms with Gasteiger partial charge in [0, 0.05) is 23.5 Å². The summed E-state index contributed by atoms with van der Waals surface area (Å²) in [6.07, 6.45) is -0.161. The first-order chi connectivity index (χ1) is 10.3. The number of amides is 1. The minimum atomic E-state index is -0.404. The molecule has 1 saturated heterocycles. The number of hydrogen-bond acceptors (Lipinski definition) is 3. The Balaban J connectivity index is 2.01. The number of morpholine rings is 1. The fourth-order valence-electron chi connectivity index (χ4n) is 2.58. The highest BCUT2D eigenvalue weighted by Crippen LogP contribution is 2.30. The minimum absolute atomic E-state index is 0.0986. The van der Waals surface area contributed by atoms with Crippen molar-refractivity contribution in [2.45, 2.75) is 38.3 Å². The van der Waals surface area contributed by atoms with Crippen LogP contribution >= 0.6 is 11.6 Å². The summed E-state index contributed by atoms with van der Waals surface area (Å²) in [6.45, 7) is 7.47. The second kappa shape index (κ2) is 6.94. The average Bonchev–Trinajstić information content (AvgIpc) is 2.45. The van der Waals surface area contributed by atoms with Crippen LogP contribution < -0.4 is 10.6 Å². The number of nitrogens with one attached hydrogen (secondary N) is 2. The second-order valence-corrected chi connectivity index (χ2v) is 6.64. The van der Waals surface area contributed by atoms with Crippen molar-refractivity contribution < 1.29 is 13.9 Å². The molecule has 2 atom stereocenters. The van der Waals surface area contributed by atoms with Gasteiger partial charge in [-0.2, -0.15) is 0 Å². The number of rotatable bonds is 4. The number of ether oxygens (including phenoxy) is 1. The summed E-state index contributed by atoms with van der Waals surface area (Å²) in [5.41, 5.74) is 0.399. The van der Waals surface area contributed by atoms with Crippen molar-refractivity contribution in [3.63, 3.8) is 0 Å². The van der Waals surface area contributed by atoms with E-state index < -0.39 is 5.41 Å². The Morgan fingerprint density at radius 2 is 2.27 bits per heavy atom. The van der Waals surface area contributed by atoms with Gasteiger partial charge in [0.05, 0.1) is 12.7 Å². The van der Waals surface area contributed by atoms with Crippen molar-refractivity contribution in [3.8, 4) is 0 Å². The Kier molecular flexibility index (Phi) is 5.42. The van der Waals surface area contributed by atoms with Crippen molar-refractivity contribution >= 4 is 17.5 Å². The van der Waals surface area contributed by atoms with E-state index in [1.807, 2.05) is 20.8 Å². The molecule has 6 heteroatoms. The van der Waals surface area contributed by atoms with E-state index in [0.717, 1.165) is 5.56 Å². The van der Waals surface area contributed by atoms with E-state index >= 15 is 0 Å². The Morgan fingerprint density at radius 1 is 1.55 bits per heavy atom. The molecule has 2 N–H and O–H groups in total. The summed E-state index contributed by atoms with van der Waals surface area (Å²) in [7, 11) is 0. The largest absolute Gasteiger partial charge is 0.375 e. The van der Waals surface area contributed by atoms with Gasteiger partial charge < -0.3 is 15.4 Å². The molecule has 0 aromatic heterocycles. The molecule has 1 amide bonds. The Hall–Kier alpha value is -1.17. The molecule has 1 fully saturated rings. The van der Waals surface area contributed by atoms with Crippen LogP contribution in [0.3, 0.4) is 0 Å². The summed E-state index contributed by atoms with van der Waals surface area (Å²) in [5, 5.41) is 6.45. The third kappa shape index (κ3) is 3.97. The van der Waals surface area contributed by atoms with Gasteiger partial charge in [-0.3, -0.25) is 4.79 Å². The average molecular weight is 329 g/mol. The molecule has 22 heavy (non-hydrogen) atoms. The molecular formula is C16H22ClFN2O2. The molecule has 1 aromatic carbocycles. The van der Waals surface area contributed by atoms with Gasteiger partial charge in [-0.05, 0) is 24.6 Å². The van der Waals surface area contributed by atoms with E-state index in [2.05, 4.69) is 10.6 Å². The number of hydrogen-bond donors (Lipinski definition) is 2. The van der Waals surface area contributed by atoms with Crippen LogP contribution in [0.5, 0.6) is 0 Å². The molecule has 1 aromatic rings.